The van der Waals surface area contributed by atoms with Gasteiger partial charge in [-0.05, 0) is 56.1 Å². The Balaban J connectivity index is 2.50. The SMILES string of the molecule is CCCN(C(c1ccc(F)cc1)c1ccc(C(F)(F)F)cn1)[C@@H](C)CC. The minimum atomic E-state index is -4.42. The molecule has 26 heavy (non-hydrogen) atoms. The summed E-state index contributed by atoms with van der Waals surface area (Å²) < 4.78 is 51.9. The topological polar surface area (TPSA) is 16.1 Å². The van der Waals surface area contributed by atoms with Crippen LogP contribution in [0.25, 0.3) is 0 Å². The molecule has 1 heterocycles. The number of halogens is 4. The highest BCUT2D eigenvalue weighted by Crippen LogP contribution is 2.33. The van der Waals surface area contributed by atoms with E-state index in [0.29, 0.717) is 5.69 Å². The van der Waals surface area contributed by atoms with Gasteiger partial charge in [-0.25, -0.2) is 4.39 Å². The van der Waals surface area contributed by atoms with Gasteiger partial charge in [0.05, 0.1) is 17.3 Å². The minimum Gasteiger partial charge on any atom is -0.288 e. The van der Waals surface area contributed by atoms with Gasteiger partial charge in [0.1, 0.15) is 5.82 Å². The lowest BCUT2D eigenvalue weighted by Gasteiger charge is -2.36. The van der Waals surface area contributed by atoms with E-state index in [4.69, 9.17) is 0 Å². The maximum Gasteiger partial charge on any atom is 0.417 e. The molecule has 2 aromatic rings. The van der Waals surface area contributed by atoms with E-state index in [2.05, 4.69) is 30.7 Å². The van der Waals surface area contributed by atoms with Gasteiger partial charge < -0.3 is 0 Å². The summed E-state index contributed by atoms with van der Waals surface area (Å²) in [5, 5.41) is 0. The largest absolute Gasteiger partial charge is 0.417 e. The Morgan fingerprint density at radius 3 is 2.15 bits per heavy atom. The second kappa shape index (κ2) is 8.62. The highest BCUT2D eigenvalue weighted by Gasteiger charge is 2.32. The zero-order valence-electron chi connectivity index (χ0n) is 15.2. The van der Waals surface area contributed by atoms with Crippen LogP contribution in [-0.4, -0.2) is 22.5 Å². The van der Waals surface area contributed by atoms with Crippen LogP contribution in [0.2, 0.25) is 0 Å². The van der Waals surface area contributed by atoms with E-state index < -0.39 is 11.7 Å². The zero-order valence-corrected chi connectivity index (χ0v) is 15.2. The fraction of sp³-hybridized carbons (Fsp3) is 0.450. The van der Waals surface area contributed by atoms with E-state index in [0.717, 1.165) is 37.2 Å². The Morgan fingerprint density at radius 1 is 1.04 bits per heavy atom. The normalized spacial score (nSPS) is 14.5. The molecule has 0 amide bonds. The highest BCUT2D eigenvalue weighted by molar-refractivity contribution is 5.30. The molecular weight excluding hydrogens is 344 g/mol. The predicted molar refractivity (Wildman–Crippen MR) is 94.2 cm³/mol. The van der Waals surface area contributed by atoms with Gasteiger partial charge in [0.15, 0.2) is 0 Å². The van der Waals surface area contributed by atoms with Crippen LogP contribution < -0.4 is 0 Å². The summed E-state index contributed by atoms with van der Waals surface area (Å²) >= 11 is 0. The monoisotopic (exact) mass is 368 g/mol. The van der Waals surface area contributed by atoms with Crippen molar-refractivity contribution in [2.75, 3.05) is 6.54 Å². The molecule has 0 fully saturated rings. The molecule has 0 spiro atoms. The van der Waals surface area contributed by atoms with Crippen molar-refractivity contribution in [1.82, 2.24) is 9.88 Å². The molecule has 2 atom stereocenters. The highest BCUT2D eigenvalue weighted by atomic mass is 19.4. The van der Waals surface area contributed by atoms with Crippen LogP contribution in [0.4, 0.5) is 17.6 Å². The summed E-state index contributed by atoms with van der Waals surface area (Å²) in [4.78, 5) is 6.32. The van der Waals surface area contributed by atoms with Crippen molar-refractivity contribution in [1.29, 1.82) is 0 Å². The molecule has 0 aliphatic heterocycles. The molecule has 1 aromatic carbocycles. The molecule has 0 saturated carbocycles. The predicted octanol–water partition coefficient (Wildman–Crippen LogP) is 5.84. The van der Waals surface area contributed by atoms with Crippen molar-refractivity contribution in [2.24, 2.45) is 0 Å². The molecule has 0 N–H and O–H groups in total. The summed E-state index contributed by atoms with van der Waals surface area (Å²) in [7, 11) is 0. The first-order valence-corrected chi connectivity index (χ1v) is 8.82. The molecule has 0 aliphatic rings. The average Bonchev–Trinajstić information content (AvgIpc) is 2.62. The van der Waals surface area contributed by atoms with Gasteiger partial charge >= 0.3 is 6.18 Å². The van der Waals surface area contributed by atoms with E-state index in [1.54, 1.807) is 12.1 Å². The van der Waals surface area contributed by atoms with Crippen molar-refractivity contribution in [3.8, 4) is 0 Å². The Labute approximate surface area is 151 Å². The molecule has 1 unspecified atom stereocenters. The number of nitrogens with zero attached hydrogens (tertiary/aromatic N) is 2. The Hall–Kier alpha value is -1.95. The molecule has 0 radical (unpaired) electrons. The van der Waals surface area contributed by atoms with Gasteiger partial charge in [0.25, 0.3) is 0 Å². The zero-order chi connectivity index (χ0) is 19.3. The molecule has 1 aromatic heterocycles. The Bertz CT molecular complexity index is 680. The van der Waals surface area contributed by atoms with Crippen LogP contribution in [0.5, 0.6) is 0 Å². The summed E-state index contributed by atoms with van der Waals surface area (Å²) in [5.74, 6) is -0.349. The smallest absolute Gasteiger partial charge is 0.288 e. The number of aromatic nitrogens is 1. The maximum atomic E-state index is 13.4. The molecule has 0 aliphatic carbocycles. The summed E-state index contributed by atoms with van der Waals surface area (Å²) in [6, 6.07) is 8.43. The summed E-state index contributed by atoms with van der Waals surface area (Å²) in [6.07, 6.45) is -1.77. The van der Waals surface area contributed by atoms with Gasteiger partial charge in [0.2, 0.25) is 0 Å². The first-order valence-electron chi connectivity index (χ1n) is 8.82. The van der Waals surface area contributed by atoms with Gasteiger partial charge in [-0.15, -0.1) is 0 Å². The lowest BCUT2D eigenvalue weighted by Crippen LogP contribution is -2.38. The average molecular weight is 368 g/mol. The van der Waals surface area contributed by atoms with Crippen molar-refractivity contribution >= 4 is 0 Å². The molecule has 2 nitrogen and oxygen atoms in total. The van der Waals surface area contributed by atoms with Crippen LogP contribution in [0.15, 0.2) is 42.6 Å². The quantitative estimate of drug-likeness (QED) is 0.571. The molecule has 0 bridgehead atoms. The van der Waals surface area contributed by atoms with Crippen LogP contribution in [0.3, 0.4) is 0 Å². The van der Waals surface area contributed by atoms with E-state index in [1.807, 2.05) is 0 Å². The first-order chi connectivity index (χ1) is 12.3. The lowest BCUT2D eigenvalue weighted by molar-refractivity contribution is -0.137. The van der Waals surface area contributed by atoms with Gasteiger partial charge in [-0.1, -0.05) is 26.0 Å². The van der Waals surface area contributed by atoms with Gasteiger partial charge in [-0.2, -0.15) is 13.2 Å². The standard InChI is InChI=1S/C20H24F4N2/c1-4-12-26(14(3)5-2)19(15-6-9-17(21)10-7-15)18-11-8-16(13-25-18)20(22,23)24/h6-11,13-14,19H,4-5,12H2,1-3H3/t14-,19?/m0/s1. The summed E-state index contributed by atoms with van der Waals surface area (Å²) in [6.45, 7) is 6.96. The number of hydrogen-bond acceptors (Lipinski definition) is 2. The third kappa shape index (κ3) is 4.81. The third-order valence-corrected chi connectivity index (χ3v) is 4.55. The molecule has 142 valence electrons. The number of alkyl halides is 3. The van der Waals surface area contributed by atoms with Crippen LogP contribution in [0.1, 0.15) is 56.5 Å². The van der Waals surface area contributed by atoms with Crippen molar-refractivity contribution in [3.63, 3.8) is 0 Å². The van der Waals surface area contributed by atoms with Crippen LogP contribution in [-0.2, 0) is 6.18 Å². The van der Waals surface area contributed by atoms with E-state index in [9.17, 15) is 17.6 Å². The third-order valence-electron chi connectivity index (χ3n) is 4.55. The molecule has 0 saturated heterocycles. The van der Waals surface area contributed by atoms with E-state index >= 15 is 0 Å². The van der Waals surface area contributed by atoms with E-state index in [1.165, 1.54) is 18.2 Å². The first kappa shape index (κ1) is 20.4. The second-order valence-electron chi connectivity index (χ2n) is 6.42. The Morgan fingerprint density at radius 2 is 1.69 bits per heavy atom. The number of pyridine rings is 1. The fourth-order valence-corrected chi connectivity index (χ4v) is 3.01. The van der Waals surface area contributed by atoms with Crippen molar-refractivity contribution < 1.29 is 17.6 Å². The van der Waals surface area contributed by atoms with Crippen LogP contribution in [0, 0.1) is 5.82 Å². The van der Waals surface area contributed by atoms with Crippen LogP contribution >= 0.6 is 0 Å². The second-order valence-corrected chi connectivity index (χ2v) is 6.42. The lowest BCUT2D eigenvalue weighted by atomic mass is 9.98. The Kier molecular flexibility index (Phi) is 6.75. The minimum absolute atomic E-state index is 0.203. The van der Waals surface area contributed by atoms with E-state index in [-0.39, 0.29) is 17.9 Å². The maximum absolute atomic E-state index is 13.4. The number of benzene rings is 1. The summed E-state index contributed by atoms with van der Waals surface area (Å²) in [5.41, 5.74) is 0.565. The van der Waals surface area contributed by atoms with Crippen molar-refractivity contribution in [3.05, 3.63) is 65.2 Å². The fourth-order valence-electron chi connectivity index (χ4n) is 3.01. The number of hydrogen-bond donors (Lipinski definition) is 0. The number of rotatable bonds is 7. The molecule has 2 rings (SSSR count). The van der Waals surface area contributed by atoms with Gasteiger partial charge in [-0.3, -0.25) is 9.88 Å². The molecular formula is C20H24F4N2. The van der Waals surface area contributed by atoms with Gasteiger partial charge in [0, 0.05) is 12.2 Å². The molecule has 6 heteroatoms. The van der Waals surface area contributed by atoms with Crippen molar-refractivity contribution in [2.45, 2.75) is 51.9 Å².